The van der Waals surface area contributed by atoms with Gasteiger partial charge in [-0.15, -0.1) is 22.7 Å². The van der Waals surface area contributed by atoms with E-state index in [4.69, 9.17) is 11.6 Å². The average Bonchev–Trinajstić information content (AvgIpc) is 3.25. The standard InChI is InChI=1S/C19H20ClNS2/c20-19-8-2-1-5-16(19)15-21(11-9-17-6-3-13-22-17)12-10-18-7-4-14-23-18/h1-8,13-14H,9-12,15H2. The molecule has 0 fully saturated rings. The van der Waals surface area contributed by atoms with Crippen molar-refractivity contribution in [3.8, 4) is 0 Å². The summed E-state index contributed by atoms with van der Waals surface area (Å²) in [5, 5.41) is 5.17. The van der Waals surface area contributed by atoms with Gasteiger partial charge in [0.1, 0.15) is 0 Å². The maximum Gasteiger partial charge on any atom is 0.0451 e. The van der Waals surface area contributed by atoms with Gasteiger partial charge in [0, 0.05) is 34.4 Å². The van der Waals surface area contributed by atoms with E-state index in [0.29, 0.717) is 0 Å². The smallest absolute Gasteiger partial charge is 0.0451 e. The molecule has 2 aromatic heterocycles. The Hall–Kier alpha value is -1.13. The molecule has 0 atom stereocenters. The third kappa shape index (κ3) is 5.18. The Bertz CT molecular complexity index is 654. The number of hydrogen-bond donors (Lipinski definition) is 0. The molecule has 0 N–H and O–H groups in total. The highest BCUT2D eigenvalue weighted by molar-refractivity contribution is 7.10. The van der Waals surface area contributed by atoms with E-state index in [1.54, 1.807) is 0 Å². The largest absolute Gasteiger partial charge is 0.298 e. The van der Waals surface area contributed by atoms with E-state index in [-0.39, 0.29) is 0 Å². The lowest BCUT2D eigenvalue weighted by molar-refractivity contribution is 0.273. The SMILES string of the molecule is Clc1ccccc1CN(CCc1cccs1)CCc1cccs1. The molecule has 0 aliphatic carbocycles. The van der Waals surface area contributed by atoms with Crippen LogP contribution in [-0.2, 0) is 19.4 Å². The van der Waals surface area contributed by atoms with E-state index in [1.807, 2.05) is 34.8 Å². The van der Waals surface area contributed by atoms with Crippen LogP contribution in [0.5, 0.6) is 0 Å². The fourth-order valence-electron chi connectivity index (χ4n) is 2.58. The zero-order chi connectivity index (χ0) is 15.9. The summed E-state index contributed by atoms with van der Waals surface area (Å²) >= 11 is 10.0. The lowest BCUT2D eigenvalue weighted by Crippen LogP contribution is -2.28. The second-order valence-corrected chi connectivity index (χ2v) is 8.00. The van der Waals surface area contributed by atoms with E-state index in [0.717, 1.165) is 37.5 Å². The molecule has 0 saturated carbocycles. The van der Waals surface area contributed by atoms with E-state index in [9.17, 15) is 0 Å². The van der Waals surface area contributed by atoms with Gasteiger partial charge in [-0.05, 0) is 47.4 Å². The van der Waals surface area contributed by atoms with Crippen molar-refractivity contribution in [2.45, 2.75) is 19.4 Å². The predicted molar refractivity (Wildman–Crippen MR) is 103 cm³/mol. The molecule has 1 aromatic carbocycles. The number of benzene rings is 1. The number of halogens is 1. The van der Waals surface area contributed by atoms with Gasteiger partial charge in [-0.3, -0.25) is 4.90 Å². The number of hydrogen-bond acceptors (Lipinski definition) is 3. The van der Waals surface area contributed by atoms with Crippen LogP contribution in [0.3, 0.4) is 0 Å². The molecule has 23 heavy (non-hydrogen) atoms. The molecule has 0 aliphatic rings. The Morgan fingerprint density at radius 1 is 0.783 bits per heavy atom. The van der Waals surface area contributed by atoms with Gasteiger partial charge >= 0.3 is 0 Å². The zero-order valence-electron chi connectivity index (χ0n) is 13.0. The third-order valence-electron chi connectivity index (χ3n) is 3.86. The molecular formula is C19H20ClNS2. The van der Waals surface area contributed by atoms with Crippen LogP contribution < -0.4 is 0 Å². The average molecular weight is 362 g/mol. The fraction of sp³-hybridized carbons (Fsp3) is 0.263. The molecular weight excluding hydrogens is 342 g/mol. The van der Waals surface area contributed by atoms with Crippen molar-refractivity contribution in [3.63, 3.8) is 0 Å². The van der Waals surface area contributed by atoms with Crippen LogP contribution in [-0.4, -0.2) is 18.0 Å². The van der Waals surface area contributed by atoms with Crippen molar-refractivity contribution in [3.05, 3.63) is 79.6 Å². The van der Waals surface area contributed by atoms with E-state index >= 15 is 0 Å². The first-order valence-corrected chi connectivity index (χ1v) is 9.95. The van der Waals surface area contributed by atoms with Crippen LogP contribution in [0.1, 0.15) is 15.3 Å². The first-order chi connectivity index (χ1) is 11.3. The molecule has 1 nitrogen and oxygen atoms in total. The number of thiophene rings is 2. The van der Waals surface area contributed by atoms with Crippen molar-refractivity contribution in [1.29, 1.82) is 0 Å². The van der Waals surface area contributed by atoms with Gasteiger partial charge in [0.25, 0.3) is 0 Å². The Labute approximate surface area is 151 Å². The lowest BCUT2D eigenvalue weighted by Gasteiger charge is -2.22. The molecule has 120 valence electrons. The van der Waals surface area contributed by atoms with Crippen LogP contribution in [0.4, 0.5) is 0 Å². The molecule has 0 radical (unpaired) electrons. The monoisotopic (exact) mass is 361 g/mol. The first-order valence-electron chi connectivity index (χ1n) is 7.82. The van der Waals surface area contributed by atoms with Crippen molar-refractivity contribution >= 4 is 34.3 Å². The molecule has 3 rings (SSSR count). The Balaban J connectivity index is 1.63. The third-order valence-corrected chi connectivity index (χ3v) is 6.10. The minimum absolute atomic E-state index is 0.866. The molecule has 0 amide bonds. The number of rotatable bonds is 8. The molecule has 4 heteroatoms. The topological polar surface area (TPSA) is 3.24 Å². The summed E-state index contributed by atoms with van der Waals surface area (Å²) < 4.78 is 0. The van der Waals surface area contributed by atoms with Crippen LogP contribution in [0.2, 0.25) is 5.02 Å². The van der Waals surface area contributed by atoms with Crippen LogP contribution >= 0.6 is 34.3 Å². The Morgan fingerprint density at radius 2 is 1.39 bits per heavy atom. The van der Waals surface area contributed by atoms with Gasteiger partial charge in [0.15, 0.2) is 0 Å². The lowest BCUT2D eigenvalue weighted by atomic mass is 10.2. The van der Waals surface area contributed by atoms with Crippen LogP contribution in [0.15, 0.2) is 59.3 Å². The Morgan fingerprint density at radius 3 is 1.91 bits per heavy atom. The molecule has 3 aromatic rings. The van der Waals surface area contributed by atoms with Gasteiger partial charge in [-0.1, -0.05) is 41.9 Å². The summed E-state index contributed by atoms with van der Waals surface area (Å²) in [6, 6.07) is 16.9. The van der Waals surface area contributed by atoms with Crippen molar-refractivity contribution < 1.29 is 0 Å². The summed E-state index contributed by atoms with van der Waals surface area (Å²) in [6.45, 7) is 3.05. The summed E-state index contributed by atoms with van der Waals surface area (Å²) in [6.07, 6.45) is 2.21. The van der Waals surface area contributed by atoms with Gasteiger partial charge in [-0.25, -0.2) is 0 Å². The van der Waals surface area contributed by atoms with Crippen LogP contribution in [0.25, 0.3) is 0 Å². The summed E-state index contributed by atoms with van der Waals surface area (Å²) in [4.78, 5) is 5.41. The summed E-state index contributed by atoms with van der Waals surface area (Å²) in [7, 11) is 0. The van der Waals surface area contributed by atoms with E-state index in [2.05, 4.69) is 52.1 Å². The quantitative estimate of drug-likeness (QED) is 0.493. The highest BCUT2D eigenvalue weighted by Gasteiger charge is 2.10. The zero-order valence-corrected chi connectivity index (χ0v) is 15.3. The Kier molecular flexibility index (Phi) is 6.29. The van der Waals surface area contributed by atoms with Gasteiger partial charge in [-0.2, -0.15) is 0 Å². The first kappa shape index (κ1) is 16.7. The van der Waals surface area contributed by atoms with Gasteiger partial charge in [0.05, 0.1) is 0 Å². The van der Waals surface area contributed by atoms with Crippen molar-refractivity contribution in [2.75, 3.05) is 13.1 Å². The summed E-state index contributed by atoms with van der Waals surface area (Å²) in [5.74, 6) is 0. The molecule has 0 bridgehead atoms. The minimum Gasteiger partial charge on any atom is -0.298 e. The van der Waals surface area contributed by atoms with Gasteiger partial charge in [0.2, 0.25) is 0 Å². The second kappa shape index (κ2) is 8.65. The highest BCUT2D eigenvalue weighted by atomic mass is 35.5. The van der Waals surface area contributed by atoms with E-state index in [1.165, 1.54) is 15.3 Å². The second-order valence-electron chi connectivity index (χ2n) is 5.53. The molecule has 2 heterocycles. The molecule has 0 aliphatic heterocycles. The molecule has 0 spiro atoms. The van der Waals surface area contributed by atoms with Crippen molar-refractivity contribution in [2.24, 2.45) is 0 Å². The molecule has 0 saturated heterocycles. The van der Waals surface area contributed by atoms with E-state index < -0.39 is 0 Å². The number of nitrogens with zero attached hydrogens (tertiary/aromatic N) is 1. The molecule has 0 unspecified atom stereocenters. The minimum atomic E-state index is 0.866. The van der Waals surface area contributed by atoms with Crippen LogP contribution in [0, 0.1) is 0 Å². The fourth-order valence-corrected chi connectivity index (χ4v) is 4.18. The maximum atomic E-state index is 6.35. The predicted octanol–water partition coefficient (Wildman–Crippen LogP) is 5.75. The summed E-state index contributed by atoms with van der Waals surface area (Å²) in [5.41, 5.74) is 1.21. The normalized spacial score (nSPS) is 11.2. The maximum absolute atomic E-state index is 6.35. The van der Waals surface area contributed by atoms with Crippen molar-refractivity contribution in [1.82, 2.24) is 4.90 Å². The highest BCUT2D eigenvalue weighted by Crippen LogP contribution is 2.19. The van der Waals surface area contributed by atoms with Gasteiger partial charge < -0.3 is 0 Å².